The van der Waals surface area contributed by atoms with Crippen molar-refractivity contribution < 1.29 is 9.47 Å². The molecule has 3 rings (SSSR count). The van der Waals surface area contributed by atoms with E-state index in [0.29, 0.717) is 0 Å². The molecule has 4 atom stereocenters. The molecule has 0 radical (unpaired) electrons. The maximum absolute atomic E-state index is 5.98. The van der Waals surface area contributed by atoms with E-state index in [-0.39, 0.29) is 12.2 Å². The molecule has 2 aliphatic heterocycles. The predicted molar refractivity (Wildman–Crippen MR) is 97.4 cm³/mol. The molecule has 5 nitrogen and oxygen atoms in total. The van der Waals surface area contributed by atoms with Crippen LogP contribution in [-0.2, 0) is 9.47 Å². The lowest BCUT2D eigenvalue weighted by Crippen LogP contribution is -2.53. The maximum atomic E-state index is 5.98. The summed E-state index contributed by atoms with van der Waals surface area (Å²) in [5, 5.41) is 3.50. The van der Waals surface area contributed by atoms with Gasteiger partial charge in [0.05, 0.1) is 12.7 Å². The Labute approximate surface area is 147 Å². The zero-order valence-corrected chi connectivity index (χ0v) is 15.5. The summed E-state index contributed by atoms with van der Waals surface area (Å²) in [5.41, 5.74) is 0. The molecule has 0 spiro atoms. The molecule has 4 unspecified atom stereocenters. The smallest absolute Gasteiger partial charge is 0.194 e. The van der Waals surface area contributed by atoms with Gasteiger partial charge in [0.1, 0.15) is 6.10 Å². The highest BCUT2D eigenvalue weighted by Gasteiger charge is 2.32. The summed E-state index contributed by atoms with van der Waals surface area (Å²) in [4.78, 5) is 7.39. The van der Waals surface area contributed by atoms with Crippen molar-refractivity contribution >= 4 is 5.96 Å². The average Bonchev–Trinajstić information content (AvgIpc) is 3.15. The molecular formula is C19H35N3O2. The number of rotatable bonds is 4. The highest BCUT2D eigenvalue weighted by atomic mass is 16.5. The molecule has 24 heavy (non-hydrogen) atoms. The molecular weight excluding hydrogens is 302 g/mol. The Morgan fingerprint density at radius 3 is 2.67 bits per heavy atom. The molecule has 3 aliphatic rings. The Hall–Kier alpha value is -0.810. The van der Waals surface area contributed by atoms with Crippen molar-refractivity contribution in [1.29, 1.82) is 0 Å². The quantitative estimate of drug-likeness (QED) is 0.633. The van der Waals surface area contributed by atoms with Gasteiger partial charge in [0.15, 0.2) is 5.96 Å². The van der Waals surface area contributed by atoms with E-state index in [2.05, 4.69) is 24.1 Å². The van der Waals surface area contributed by atoms with Gasteiger partial charge in [-0.1, -0.05) is 26.2 Å². The van der Waals surface area contributed by atoms with Crippen LogP contribution in [-0.4, -0.2) is 62.5 Å². The van der Waals surface area contributed by atoms with Gasteiger partial charge in [-0.3, -0.25) is 4.99 Å². The molecule has 138 valence electrons. The number of nitrogens with zero attached hydrogens (tertiary/aromatic N) is 2. The molecule has 2 heterocycles. The summed E-state index contributed by atoms with van der Waals surface area (Å²) in [6.45, 7) is 9.91. The topological polar surface area (TPSA) is 46.1 Å². The molecule has 0 aromatic carbocycles. The van der Waals surface area contributed by atoms with Crippen LogP contribution in [0.15, 0.2) is 4.99 Å². The van der Waals surface area contributed by atoms with Crippen molar-refractivity contribution in [3.05, 3.63) is 0 Å². The normalized spacial score (nSPS) is 35.2. The van der Waals surface area contributed by atoms with Crippen molar-refractivity contribution in [1.82, 2.24) is 10.2 Å². The largest absolute Gasteiger partial charge is 0.375 e. The molecule has 1 saturated carbocycles. The standard InChI is InChI=1S/C19H35N3O2/c1-3-20-19(21-13-16-8-5-4-7-15(16)2)22-10-12-24-18(14-22)17-9-6-11-23-17/h15-18H,3-14H2,1-2H3,(H,20,21). The van der Waals surface area contributed by atoms with Crippen molar-refractivity contribution in [3.63, 3.8) is 0 Å². The Bertz CT molecular complexity index is 409. The van der Waals surface area contributed by atoms with Crippen LogP contribution in [0.2, 0.25) is 0 Å². The van der Waals surface area contributed by atoms with E-state index >= 15 is 0 Å². The van der Waals surface area contributed by atoms with Crippen LogP contribution >= 0.6 is 0 Å². The Balaban J connectivity index is 1.59. The van der Waals surface area contributed by atoms with E-state index in [4.69, 9.17) is 14.5 Å². The first-order chi connectivity index (χ1) is 11.8. The third kappa shape index (κ3) is 4.63. The summed E-state index contributed by atoms with van der Waals surface area (Å²) in [7, 11) is 0. The minimum atomic E-state index is 0.193. The van der Waals surface area contributed by atoms with Crippen LogP contribution in [0.4, 0.5) is 0 Å². The summed E-state index contributed by atoms with van der Waals surface area (Å²) in [6.07, 6.45) is 8.24. The second kappa shape index (κ2) is 9.04. The van der Waals surface area contributed by atoms with Gasteiger partial charge in [0.25, 0.3) is 0 Å². The summed E-state index contributed by atoms with van der Waals surface area (Å²) >= 11 is 0. The molecule has 1 N–H and O–H groups in total. The highest BCUT2D eigenvalue weighted by Crippen LogP contribution is 2.29. The number of morpholine rings is 1. The van der Waals surface area contributed by atoms with Crippen molar-refractivity contribution in [3.8, 4) is 0 Å². The van der Waals surface area contributed by atoms with E-state index in [0.717, 1.165) is 70.0 Å². The van der Waals surface area contributed by atoms with Crippen LogP contribution in [0.5, 0.6) is 0 Å². The van der Waals surface area contributed by atoms with Gasteiger partial charge in [-0.05, 0) is 38.0 Å². The number of guanidine groups is 1. The third-order valence-corrected chi connectivity index (χ3v) is 5.87. The lowest BCUT2D eigenvalue weighted by Gasteiger charge is -2.37. The van der Waals surface area contributed by atoms with Gasteiger partial charge in [0.2, 0.25) is 0 Å². The van der Waals surface area contributed by atoms with Gasteiger partial charge >= 0.3 is 0 Å². The van der Waals surface area contributed by atoms with Crippen molar-refractivity contribution in [2.24, 2.45) is 16.8 Å². The van der Waals surface area contributed by atoms with E-state index in [1.165, 1.54) is 25.7 Å². The summed E-state index contributed by atoms with van der Waals surface area (Å²) in [5.74, 6) is 2.64. The lowest BCUT2D eigenvalue weighted by atomic mass is 9.80. The number of aliphatic imine (C=N–C) groups is 1. The fourth-order valence-electron chi connectivity index (χ4n) is 4.28. The third-order valence-electron chi connectivity index (χ3n) is 5.87. The fraction of sp³-hybridized carbons (Fsp3) is 0.947. The van der Waals surface area contributed by atoms with Crippen LogP contribution < -0.4 is 5.32 Å². The Morgan fingerprint density at radius 1 is 1.08 bits per heavy atom. The molecule has 0 aromatic heterocycles. The van der Waals surface area contributed by atoms with Gasteiger partial charge in [-0.2, -0.15) is 0 Å². The van der Waals surface area contributed by atoms with Crippen molar-refractivity contribution in [2.45, 2.75) is 64.6 Å². The van der Waals surface area contributed by atoms with E-state index < -0.39 is 0 Å². The molecule has 2 saturated heterocycles. The van der Waals surface area contributed by atoms with Crippen LogP contribution in [0.1, 0.15) is 52.4 Å². The van der Waals surface area contributed by atoms with Gasteiger partial charge in [0, 0.05) is 32.8 Å². The van der Waals surface area contributed by atoms with E-state index in [1.807, 2.05) is 0 Å². The minimum Gasteiger partial charge on any atom is -0.375 e. The maximum Gasteiger partial charge on any atom is 0.194 e. The van der Waals surface area contributed by atoms with Gasteiger partial charge in [-0.25, -0.2) is 0 Å². The zero-order chi connectivity index (χ0) is 16.8. The monoisotopic (exact) mass is 337 g/mol. The molecule has 0 aromatic rings. The molecule has 0 amide bonds. The zero-order valence-electron chi connectivity index (χ0n) is 15.5. The van der Waals surface area contributed by atoms with E-state index in [1.54, 1.807) is 0 Å². The summed E-state index contributed by atoms with van der Waals surface area (Å²) in [6, 6.07) is 0. The molecule has 1 aliphatic carbocycles. The fourth-order valence-corrected chi connectivity index (χ4v) is 4.28. The number of nitrogens with one attached hydrogen (secondary N) is 1. The first-order valence-corrected chi connectivity index (χ1v) is 10.0. The Kier molecular flexibility index (Phi) is 6.78. The van der Waals surface area contributed by atoms with Crippen LogP contribution in [0.3, 0.4) is 0 Å². The van der Waals surface area contributed by atoms with Crippen LogP contribution in [0.25, 0.3) is 0 Å². The number of hydrogen-bond acceptors (Lipinski definition) is 3. The highest BCUT2D eigenvalue weighted by molar-refractivity contribution is 5.80. The SMILES string of the molecule is CCNC(=NCC1CCCCC1C)N1CCOC(C2CCCO2)C1. The average molecular weight is 338 g/mol. The number of hydrogen-bond donors (Lipinski definition) is 1. The Morgan fingerprint density at radius 2 is 1.92 bits per heavy atom. The number of ether oxygens (including phenoxy) is 2. The summed E-state index contributed by atoms with van der Waals surface area (Å²) < 4.78 is 11.8. The van der Waals surface area contributed by atoms with Gasteiger partial charge < -0.3 is 19.7 Å². The molecule has 5 heteroatoms. The molecule has 3 fully saturated rings. The first kappa shape index (κ1) is 18.0. The van der Waals surface area contributed by atoms with E-state index in [9.17, 15) is 0 Å². The van der Waals surface area contributed by atoms with Gasteiger partial charge in [-0.15, -0.1) is 0 Å². The van der Waals surface area contributed by atoms with Crippen LogP contribution in [0, 0.1) is 11.8 Å². The second-order valence-corrected chi connectivity index (χ2v) is 7.62. The first-order valence-electron chi connectivity index (χ1n) is 10.0. The predicted octanol–water partition coefficient (Wildman–Crippen LogP) is 2.66. The minimum absolute atomic E-state index is 0.193. The molecule has 0 bridgehead atoms. The lowest BCUT2D eigenvalue weighted by molar-refractivity contribution is -0.0817. The van der Waals surface area contributed by atoms with Crippen molar-refractivity contribution in [2.75, 3.05) is 39.4 Å². The second-order valence-electron chi connectivity index (χ2n) is 7.62.